The standard InChI is InChI=1S/C24H22N4O3/c25-12-18-9-19(11-20(10-18)31-15-17-5-3-4-16(8-17)14-29)27-24-26-13-21-22(28-24)6-1-2-7-23(21)30/h3-5,8-11,13,29H,1-2,6-7,14-15H2,(H,26,27,28). The molecular weight excluding hydrogens is 392 g/mol. The lowest BCUT2D eigenvalue weighted by Crippen LogP contribution is -2.07. The van der Waals surface area contributed by atoms with Crippen LogP contribution < -0.4 is 10.1 Å². The molecule has 0 unspecified atom stereocenters. The molecular formula is C24H22N4O3. The lowest BCUT2D eigenvalue weighted by molar-refractivity contribution is 0.0981. The number of ketones is 1. The van der Waals surface area contributed by atoms with Crippen molar-refractivity contribution in [2.45, 2.75) is 38.9 Å². The van der Waals surface area contributed by atoms with Gasteiger partial charge in [-0.3, -0.25) is 4.79 Å². The summed E-state index contributed by atoms with van der Waals surface area (Å²) in [5, 5.41) is 21.8. The number of nitrogens with one attached hydrogen (secondary N) is 1. The summed E-state index contributed by atoms with van der Waals surface area (Å²) in [6.07, 6.45) is 4.66. The van der Waals surface area contributed by atoms with E-state index >= 15 is 0 Å². The van der Waals surface area contributed by atoms with E-state index in [9.17, 15) is 15.2 Å². The lowest BCUT2D eigenvalue weighted by Gasteiger charge is -2.12. The highest BCUT2D eigenvalue weighted by molar-refractivity contribution is 5.97. The zero-order chi connectivity index (χ0) is 21.6. The van der Waals surface area contributed by atoms with Gasteiger partial charge in [-0.2, -0.15) is 5.26 Å². The van der Waals surface area contributed by atoms with Crippen LogP contribution in [-0.4, -0.2) is 20.9 Å². The fourth-order valence-corrected chi connectivity index (χ4v) is 3.55. The molecule has 0 bridgehead atoms. The Kier molecular flexibility index (Phi) is 6.20. The number of Topliss-reactive ketones (excluding diaryl/α,β-unsaturated/α-hetero) is 1. The van der Waals surface area contributed by atoms with Crippen molar-refractivity contribution in [3.8, 4) is 11.8 Å². The van der Waals surface area contributed by atoms with Gasteiger partial charge in [0.25, 0.3) is 0 Å². The predicted molar refractivity (Wildman–Crippen MR) is 115 cm³/mol. The number of benzene rings is 2. The van der Waals surface area contributed by atoms with Crippen molar-refractivity contribution in [3.05, 3.63) is 76.6 Å². The Bertz CT molecular complexity index is 1150. The maximum Gasteiger partial charge on any atom is 0.227 e. The van der Waals surface area contributed by atoms with Gasteiger partial charge in [-0.05, 0) is 42.5 Å². The largest absolute Gasteiger partial charge is 0.489 e. The molecule has 3 aromatic rings. The number of anilines is 2. The van der Waals surface area contributed by atoms with Crippen molar-refractivity contribution in [2.24, 2.45) is 0 Å². The molecule has 0 amide bonds. The molecule has 31 heavy (non-hydrogen) atoms. The molecule has 0 saturated carbocycles. The molecule has 4 rings (SSSR count). The molecule has 0 radical (unpaired) electrons. The summed E-state index contributed by atoms with van der Waals surface area (Å²) in [4.78, 5) is 21.0. The van der Waals surface area contributed by atoms with Crippen LogP contribution in [-0.2, 0) is 19.6 Å². The summed E-state index contributed by atoms with van der Waals surface area (Å²) in [5.74, 6) is 0.998. The summed E-state index contributed by atoms with van der Waals surface area (Å²) in [7, 11) is 0. The van der Waals surface area contributed by atoms with Gasteiger partial charge in [-0.1, -0.05) is 24.3 Å². The monoisotopic (exact) mass is 414 g/mol. The molecule has 0 spiro atoms. The number of fused-ring (bicyclic) bond motifs is 1. The molecule has 1 aliphatic carbocycles. The van der Waals surface area contributed by atoms with Crippen LogP contribution in [0.3, 0.4) is 0 Å². The van der Waals surface area contributed by atoms with Crippen molar-refractivity contribution in [3.63, 3.8) is 0 Å². The molecule has 156 valence electrons. The lowest BCUT2D eigenvalue weighted by atomic mass is 10.1. The minimum absolute atomic E-state index is 0.0296. The Morgan fingerprint density at radius 3 is 2.81 bits per heavy atom. The fraction of sp³-hybridized carbons (Fsp3) is 0.250. The van der Waals surface area contributed by atoms with Crippen LogP contribution in [0.15, 0.2) is 48.7 Å². The number of carbonyl (C=O) groups excluding carboxylic acids is 1. The van der Waals surface area contributed by atoms with E-state index in [1.165, 1.54) is 0 Å². The highest BCUT2D eigenvalue weighted by Gasteiger charge is 2.18. The molecule has 7 heteroatoms. The molecule has 2 aromatic carbocycles. The Labute approximate surface area is 180 Å². The van der Waals surface area contributed by atoms with Gasteiger partial charge in [0.2, 0.25) is 5.95 Å². The van der Waals surface area contributed by atoms with E-state index in [1.807, 2.05) is 24.3 Å². The van der Waals surface area contributed by atoms with E-state index in [-0.39, 0.29) is 12.4 Å². The summed E-state index contributed by atoms with van der Waals surface area (Å²) in [5.41, 5.74) is 4.15. The van der Waals surface area contributed by atoms with Gasteiger partial charge in [-0.25, -0.2) is 9.97 Å². The summed E-state index contributed by atoms with van der Waals surface area (Å²) in [6.45, 7) is 0.276. The zero-order valence-corrected chi connectivity index (χ0v) is 17.0. The minimum atomic E-state index is -0.0296. The average molecular weight is 414 g/mol. The maximum atomic E-state index is 12.2. The van der Waals surface area contributed by atoms with E-state index in [0.717, 1.165) is 36.1 Å². The van der Waals surface area contributed by atoms with Crippen LogP contribution in [0.1, 0.15) is 52.0 Å². The topological polar surface area (TPSA) is 108 Å². The SMILES string of the molecule is N#Cc1cc(Nc2ncc3c(n2)CCCCC3=O)cc(OCc2cccc(CO)c2)c1. The van der Waals surface area contributed by atoms with Crippen LogP contribution in [0.4, 0.5) is 11.6 Å². The van der Waals surface area contributed by atoms with Crippen molar-refractivity contribution in [1.82, 2.24) is 9.97 Å². The van der Waals surface area contributed by atoms with Crippen LogP contribution >= 0.6 is 0 Å². The van der Waals surface area contributed by atoms with E-state index in [0.29, 0.717) is 41.5 Å². The Morgan fingerprint density at radius 1 is 1.13 bits per heavy atom. The zero-order valence-electron chi connectivity index (χ0n) is 17.0. The smallest absolute Gasteiger partial charge is 0.227 e. The van der Waals surface area contributed by atoms with Crippen molar-refractivity contribution in [2.75, 3.05) is 5.32 Å². The highest BCUT2D eigenvalue weighted by atomic mass is 16.5. The number of nitriles is 1. The average Bonchev–Trinajstić information content (AvgIpc) is 2.98. The number of aliphatic hydroxyl groups excluding tert-OH is 1. The number of nitrogens with zero attached hydrogens (tertiary/aromatic N) is 3. The van der Waals surface area contributed by atoms with Crippen LogP contribution in [0, 0.1) is 11.3 Å². The number of rotatable bonds is 6. The molecule has 7 nitrogen and oxygen atoms in total. The number of carbonyl (C=O) groups is 1. The Balaban J connectivity index is 1.53. The van der Waals surface area contributed by atoms with Gasteiger partial charge < -0.3 is 15.2 Å². The number of ether oxygens (including phenoxy) is 1. The first-order chi connectivity index (χ1) is 15.1. The van der Waals surface area contributed by atoms with E-state index in [2.05, 4.69) is 21.4 Å². The van der Waals surface area contributed by atoms with Gasteiger partial charge in [-0.15, -0.1) is 0 Å². The third kappa shape index (κ3) is 5.05. The summed E-state index contributed by atoms with van der Waals surface area (Å²) < 4.78 is 5.88. The first kappa shape index (κ1) is 20.5. The van der Waals surface area contributed by atoms with Gasteiger partial charge >= 0.3 is 0 Å². The number of aryl methyl sites for hydroxylation is 1. The van der Waals surface area contributed by atoms with E-state index in [1.54, 1.807) is 24.4 Å². The molecule has 1 aromatic heterocycles. The normalized spacial score (nSPS) is 13.1. The van der Waals surface area contributed by atoms with Crippen molar-refractivity contribution < 1.29 is 14.6 Å². The molecule has 1 heterocycles. The summed E-state index contributed by atoms with van der Waals surface area (Å²) in [6, 6.07) is 14.8. The van der Waals surface area contributed by atoms with Crippen LogP contribution in [0.25, 0.3) is 0 Å². The minimum Gasteiger partial charge on any atom is -0.489 e. The van der Waals surface area contributed by atoms with E-state index in [4.69, 9.17) is 4.74 Å². The third-order valence-electron chi connectivity index (χ3n) is 5.11. The van der Waals surface area contributed by atoms with Gasteiger partial charge in [0.1, 0.15) is 12.4 Å². The van der Waals surface area contributed by atoms with E-state index < -0.39 is 0 Å². The predicted octanol–water partition coefficient (Wildman–Crippen LogP) is 4.07. The van der Waals surface area contributed by atoms with Crippen LogP contribution in [0.5, 0.6) is 5.75 Å². The summed E-state index contributed by atoms with van der Waals surface area (Å²) >= 11 is 0. The molecule has 1 aliphatic rings. The number of hydrogen-bond donors (Lipinski definition) is 2. The van der Waals surface area contributed by atoms with Gasteiger partial charge in [0.15, 0.2) is 5.78 Å². The number of aromatic nitrogens is 2. The number of aliphatic hydroxyl groups is 1. The molecule has 0 saturated heterocycles. The number of hydrogen-bond acceptors (Lipinski definition) is 7. The molecule has 0 aliphatic heterocycles. The second kappa shape index (κ2) is 9.37. The molecule has 2 N–H and O–H groups in total. The molecule has 0 fully saturated rings. The van der Waals surface area contributed by atoms with Gasteiger partial charge in [0, 0.05) is 24.4 Å². The highest BCUT2D eigenvalue weighted by Crippen LogP contribution is 2.25. The Hall–Kier alpha value is -3.76. The first-order valence-electron chi connectivity index (χ1n) is 10.2. The second-order valence-corrected chi connectivity index (χ2v) is 7.43. The van der Waals surface area contributed by atoms with Crippen molar-refractivity contribution >= 4 is 17.4 Å². The molecule has 0 atom stereocenters. The van der Waals surface area contributed by atoms with Gasteiger partial charge in [0.05, 0.1) is 29.5 Å². The second-order valence-electron chi connectivity index (χ2n) is 7.43. The maximum absolute atomic E-state index is 12.2. The van der Waals surface area contributed by atoms with Crippen molar-refractivity contribution in [1.29, 1.82) is 5.26 Å². The van der Waals surface area contributed by atoms with Crippen LogP contribution in [0.2, 0.25) is 0 Å². The Morgan fingerprint density at radius 2 is 1.97 bits per heavy atom. The first-order valence-corrected chi connectivity index (χ1v) is 10.2. The third-order valence-corrected chi connectivity index (χ3v) is 5.11. The fourth-order valence-electron chi connectivity index (χ4n) is 3.55. The quantitative estimate of drug-likeness (QED) is 0.585.